The third kappa shape index (κ3) is 2.82. The molecule has 0 atom stereocenters. The molecule has 0 aliphatic heterocycles. The molecule has 4 heteroatoms. The van der Waals surface area contributed by atoms with E-state index < -0.39 is 0 Å². The van der Waals surface area contributed by atoms with Crippen molar-refractivity contribution >= 4 is 33.0 Å². The number of nitrogens with two attached hydrogens (primary N) is 1. The first kappa shape index (κ1) is 12.5. The van der Waals surface area contributed by atoms with E-state index in [1.165, 1.54) is 4.88 Å². The molecule has 0 saturated carbocycles. The molecule has 0 aliphatic rings. The van der Waals surface area contributed by atoms with E-state index in [2.05, 4.69) is 22.0 Å². The topological polar surface area (TPSA) is 35.2 Å². The van der Waals surface area contributed by atoms with Crippen LogP contribution in [0.5, 0.6) is 5.75 Å². The number of nitrogen functional groups attached to an aromatic ring is 1. The van der Waals surface area contributed by atoms with E-state index in [1.807, 2.05) is 31.4 Å². The summed E-state index contributed by atoms with van der Waals surface area (Å²) in [6.07, 6.45) is 0. The molecule has 2 rings (SSSR count). The second-order valence-electron chi connectivity index (χ2n) is 3.98. The molecule has 1 aromatic heterocycles. The van der Waals surface area contributed by atoms with Crippen LogP contribution in [0.25, 0.3) is 0 Å². The second kappa shape index (κ2) is 5.10. The lowest BCUT2D eigenvalue weighted by molar-refractivity contribution is 0.309. The van der Waals surface area contributed by atoms with Gasteiger partial charge >= 0.3 is 0 Å². The summed E-state index contributed by atoms with van der Waals surface area (Å²) in [6, 6.07) is 6.04. The van der Waals surface area contributed by atoms with Crippen molar-refractivity contribution in [3.8, 4) is 5.75 Å². The smallest absolute Gasteiger partial charge is 0.145 e. The standard InChI is InChI=1S/C13H14BrNOS/c1-8-5-9(2)13(11(15)6-8)16-7-12-10(14)3-4-17-12/h3-6H,7,15H2,1-2H3. The molecule has 0 spiro atoms. The van der Waals surface area contributed by atoms with Crippen LogP contribution < -0.4 is 10.5 Å². The zero-order valence-corrected chi connectivity index (χ0v) is 12.2. The van der Waals surface area contributed by atoms with Crippen LogP contribution >= 0.6 is 27.3 Å². The average Bonchev–Trinajstić information content (AvgIpc) is 2.62. The lowest BCUT2D eigenvalue weighted by atomic mass is 10.1. The highest BCUT2D eigenvalue weighted by atomic mass is 79.9. The van der Waals surface area contributed by atoms with Gasteiger partial charge in [0.15, 0.2) is 0 Å². The SMILES string of the molecule is Cc1cc(C)c(OCc2sccc2Br)c(N)c1. The first-order valence-electron chi connectivity index (χ1n) is 5.29. The first-order valence-corrected chi connectivity index (χ1v) is 6.96. The van der Waals surface area contributed by atoms with E-state index in [1.54, 1.807) is 11.3 Å². The van der Waals surface area contributed by atoms with Crippen LogP contribution in [0.2, 0.25) is 0 Å². The van der Waals surface area contributed by atoms with E-state index in [0.717, 1.165) is 21.3 Å². The fraction of sp³-hybridized carbons (Fsp3) is 0.231. The van der Waals surface area contributed by atoms with Crippen LogP contribution in [-0.2, 0) is 6.61 Å². The molecule has 0 unspecified atom stereocenters. The van der Waals surface area contributed by atoms with E-state index in [0.29, 0.717) is 12.3 Å². The highest BCUT2D eigenvalue weighted by molar-refractivity contribution is 9.10. The van der Waals surface area contributed by atoms with Crippen LogP contribution in [0.1, 0.15) is 16.0 Å². The van der Waals surface area contributed by atoms with Gasteiger partial charge in [0, 0.05) is 4.47 Å². The van der Waals surface area contributed by atoms with Gasteiger partial charge in [-0.15, -0.1) is 11.3 Å². The fourth-order valence-electron chi connectivity index (χ4n) is 1.75. The second-order valence-corrected chi connectivity index (χ2v) is 5.84. The normalized spacial score (nSPS) is 10.5. The highest BCUT2D eigenvalue weighted by Gasteiger charge is 2.08. The number of benzene rings is 1. The summed E-state index contributed by atoms with van der Waals surface area (Å²) >= 11 is 5.16. The monoisotopic (exact) mass is 311 g/mol. The molecule has 0 amide bonds. The van der Waals surface area contributed by atoms with Crippen molar-refractivity contribution < 1.29 is 4.74 Å². The Labute approximate surface area is 114 Å². The van der Waals surface area contributed by atoms with Gasteiger partial charge in [-0.1, -0.05) is 6.07 Å². The van der Waals surface area contributed by atoms with Gasteiger partial charge in [-0.3, -0.25) is 0 Å². The molecule has 2 N–H and O–H groups in total. The van der Waals surface area contributed by atoms with Gasteiger partial charge in [0.25, 0.3) is 0 Å². The first-order chi connectivity index (χ1) is 8.08. The molecule has 0 aliphatic carbocycles. The maximum Gasteiger partial charge on any atom is 0.145 e. The largest absolute Gasteiger partial charge is 0.486 e. The molecular weight excluding hydrogens is 298 g/mol. The van der Waals surface area contributed by atoms with Crippen molar-refractivity contribution in [2.45, 2.75) is 20.5 Å². The van der Waals surface area contributed by atoms with Gasteiger partial charge in [0.1, 0.15) is 12.4 Å². The number of anilines is 1. The summed E-state index contributed by atoms with van der Waals surface area (Å²) in [7, 11) is 0. The minimum absolute atomic E-state index is 0.548. The zero-order chi connectivity index (χ0) is 12.4. The minimum Gasteiger partial charge on any atom is -0.486 e. The summed E-state index contributed by atoms with van der Waals surface area (Å²) in [6.45, 7) is 4.59. The third-order valence-corrected chi connectivity index (χ3v) is 4.39. The summed E-state index contributed by atoms with van der Waals surface area (Å²) < 4.78 is 6.89. The quantitative estimate of drug-likeness (QED) is 0.858. The number of hydrogen-bond donors (Lipinski definition) is 1. The van der Waals surface area contributed by atoms with Gasteiger partial charge in [0.05, 0.1) is 10.6 Å². The van der Waals surface area contributed by atoms with E-state index in [-0.39, 0.29) is 0 Å². The predicted molar refractivity (Wildman–Crippen MR) is 76.7 cm³/mol. The number of hydrogen-bond acceptors (Lipinski definition) is 3. The molecule has 0 saturated heterocycles. The summed E-state index contributed by atoms with van der Waals surface area (Å²) in [5.74, 6) is 0.788. The Balaban J connectivity index is 2.17. The minimum atomic E-state index is 0.548. The molecule has 2 nitrogen and oxygen atoms in total. The Bertz CT molecular complexity index is 513. The average molecular weight is 312 g/mol. The lowest BCUT2D eigenvalue weighted by Crippen LogP contribution is -2.00. The summed E-state index contributed by atoms with van der Waals surface area (Å²) in [4.78, 5) is 1.17. The van der Waals surface area contributed by atoms with Crippen LogP contribution in [-0.4, -0.2) is 0 Å². The van der Waals surface area contributed by atoms with Gasteiger partial charge in [-0.2, -0.15) is 0 Å². The van der Waals surface area contributed by atoms with Crippen molar-refractivity contribution in [1.82, 2.24) is 0 Å². The van der Waals surface area contributed by atoms with E-state index >= 15 is 0 Å². The van der Waals surface area contributed by atoms with Gasteiger partial charge in [0.2, 0.25) is 0 Å². The third-order valence-electron chi connectivity index (χ3n) is 2.49. The van der Waals surface area contributed by atoms with Gasteiger partial charge in [-0.05, 0) is 58.4 Å². The molecule has 90 valence electrons. The Morgan fingerprint density at radius 3 is 2.71 bits per heavy atom. The zero-order valence-electron chi connectivity index (χ0n) is 9.79. The van der Waals surface area contributed by atoms with Crippen LogP contribution in [0, 0.1) is 13.8 Å². The number of rotatable bonds is 3. The van der Waals surface area contributed by atoms with Gasteiger partial charge in [-0.25, -0.2) is 0 Å². The molecule has 1 aromatic carbocycles. The Kier molecular flexibility index (Phi) is 3.74. The number of thiophene rings is 1. The van der Waals surface area contributed by atoms with Crippen LogP contribution in [0.4, 0.5) is 5.69 Å². The molecule has 17 heavy (non-hydrogen) atoms. The van der Waals surface area contributed by atoms with Crippen molar-refractivity contribution in [3.63, 3.8) is 0 Å². The molecule has 0 fully saturated rings. The Morgan fingerprint density at radius 1 is 1.35 bits per heavy atom. The van der Waals surface area contributed by atoms with Gasteiger partial charge < -0.3 is 10.5 Å². The molecule has 1 heterocycles. The maximum absolute atomic E-state index is 5.97. The van der Waals surface area contributed by atoms with Crippen molar-refractivity contribution in [3.05, 3.63) is 44.1 Å². The Hall–Kier alpha value is -1.00. The van der Waals surface area contributed by atoms with Crippen molar-refractivity contribution in [2.24, 2.45) is 0 Å². The molecular formula is C13H14BrNOS. The Morgan fingerprint density at radius 2 is 2.12 bits per heavy atom. The van der Waals surface area contributed by atoms with E-state index in [4.69, 9.17) is 10.5 Å². The fourth-order valence-corrected chi connectivity index (χ4v) is 3.13. The highest BCUT2D eigenvalue weighted by Crippen LogP contribution is 2.30. The number of ether oxygens (including phenoxy) is 1. The van der Waals surface area contributed by atoms with Crippen LogP contribution in [0.15, 0.2) is 28.1 Å². The number of aryl methyl sites for hydroxylation is 2. The van der Waals surface area contributed by atoms with Crippen molar-refractivity contribution in [2.75, 3.05) is 5.73 Å². The number of halogens is 1. The maximum atomic E-state index is 5.97. The molecule has 0 radical (unpaired) electrons. The molecule has 2 aromatic rings. The summed E-state index contributed by atoms with van der Waals surface area (Å²) in [5, 5.41) is 2.04. The van der Waals surface area contributed by atoms with E-state index in [9.17, 15) is 0 Å². The molecule has 0 bridgehead atoms. The van der Waals surface area contributed by atoms with Crippen molar-refractivity contribution in [1.29, 1.82) is 0 Å². The summed E-state index contributed by atoms with van der Waals surface area (Å²) in [5.41, 5.74) is 8.91. The van der Waals surface area contributed by atoms with Crippen LogP contribution in [0.3, 0.4) is 0 Å². The predicted octanol–water partition coefficient (Wildman–Crippen LogP) is 4.29. The lowest BCUT2D eigenvalue weighted by Gasteiger charge is -2.12.